The largest absolute Gasteiger partial charge is 0.295 e. The van der Waals surface area contributed by atoms with Gasteiger partial charge in [-0.25, -0.2) is 4.68 Å². The molecule has 28 heavy (non-hydrogen) atoms. The molecule has 0 saturated heterocycles. The predicted octanol–water partition coefficient (Wildman–Crippen LogP) is 3.93. The highest BCUT2D eigenvalue weighted by molar-refractivity contribution is 6.33. The molecule has 0 fully saturated rings. The Bertz CT molecular complexity index is 1190. The fraction of sp³-hybridized carbons (Fsp3) is 0.0952. The van der Waals surface area contributed by atoms with Crippen molar-refractivity contribution in [2.45, 2.75) is 13.8 Å². The number of rotatable bonds is 3. The maximum absolute atomic E-state index is 12.9. The predicted molar refractivity (Wildman–Crippen MR) is 111 cm³/mol. The molecule has 0 radical (unpaired) electrons. The zero-order chi connectivity index (χ0) is 19.8. The molecule has 2 heterocycles. The van der Waals surface area contributed by atoms with E-state index in [4.69, 9.17) is 11.6 Å². The fourth-order valence-electron chi connectivity index (χ4n) is 3.10. The van der Waals surface area contributed by atoms with E-state index >= 15 is 0 Å². The summed E-state index contributed by atoms with van der Waals surface area (Å²) in [6.07, 6.45) is 1.60. The first-order valence-corrected chi connectivity index (χ1v) is 9.08. The van der Waals surface area contributed by atoms with Crippen molar-refractivity contribution >= 4 is 35.0 Å². The summed E-state index contributed by atoms with van der Waals surface area (Å²) >= 11 is 6.03. The molecule has 6 nitrogen and oxygen atoms in total. The summed E-state index contributed by atoms with van der Waals surface area (Å²) in [5, 5.41) is 9.21. The topological polar surface area (TPSA) is 70.5 Å². The van der Waals surface area contributed by atoms with Crippen molar-refractivity contribution in [1.82, 2.24) is 9.78 Å². The molecule has 0 unspecified atom stereocenters. The van der Waals surface area contributed by atoms with Gasteiger partial charge in [0.25, 0.3) is 11.5 Å². The molecule has 0 aliphatic carbocycles. The third kappa shape index (κ3) is 3.08. The minimum atomic E-state index is -0.300. The molecule has 1 aliphatic rings. The van der Waals surface area contributed by atoms with Crippen molar-refractivity contribution in [3.05, 3.63) is 86.8 Å². The fourth-order valence-corrected chi connectivity index (χ4v) is 3.28. The van der Waals surface area contributed by atoms with E-state index in [0.29, 0.717) is 33.3 Å². The Morgan fingerprint density at radius 1 is 1.00 bits per heavy atom. The summed E-state index contributed by atoms with van der Waals surface area (Å²) in [5.74, 6) is -0.300. The number of aryl methyl sites for hydroxylation is 1. The number of aromatic amines is 1. The van der Waals surface area contributed by atoms with E-state index in [1.54, 1.807) is 44.2 Å². The van der Waals surface area contributed by atoms with E-state index in [0.717, 1.165) is 5.69 Å². The van der Waals surface area contributed by atoms with Gasteiger partial charge in [-0.2, -0.15) is 10.1 Å². The maximum atomic E-state index is 12.9. The number of nitrogens with zero attached hydrogens (tertiary/aromatic N) is 3. The summed E-state index contributed by atoms with van der Waals surface area (Å²) in [4.78, 5) is 25.8. The number of carbonyl (C=O) groups is 1. The monoisotopic (exact) mass is 392 g/mol. The van der Waals surface area contributed by atoms with Crippen LogP contribution in [-0.2, 0) is 4.79 Å². The van der Waals surface area contributed by atoms with Gasteiger partial charge in [0, 0.05) is 10.7 Å². The van der Waals surface area contributed by atoms with Gasteiger partial charge >= 0.3 is 0 Å². The summed E-state index contributed by atoms with van der Waals surface area (Å²) < 4.78 is 1.46. The molecule has 3 aromatic rings. The van der Waals surface area contributed by atoms with Crippen molar-refractivity contribution < 1.29 is 4.79 Å². The Kier molecular flexibility index (Phi) is 4.49. The third-order valence-electron chi connectivity index (χ3n) is 4.54. The number of para-hydroxylation sites is 1. The van der Waals surface area contributed by atoms with E-state index in [1.807, 2.05) is 30.3 Å². The van der Waals surface area contributed by atoms with Crippen LogP contribution in [0.15, 0.2) is 70.1 Å². The van der Waals surface area contributed by atoms with Crippen LogP contribution in [0.1, 0.15) is 18.2 Å². The second-order valence-corrected chi connectivity index (χ2v) is 6.90. The average molecular weight is 393 g/mol. The number of aromatic nitrogens is 2. The van der Waals surface area contributed by atoms with Crippen LogP contribution >= 0.6 is 11.6 Å². The number of hydrazone groups is 1. The minimum absolute atomic E-state index is 0.224. The number of benzene rings is 2. The first kappa shape index (κ1) is 18.0. The van der Waals surface area contributed by atoms with Gasteiger partial charge in [-0.15, -0.1) is 0 Å². The Labute approximate surface area is 166 Å². The Morgan fingerprint density at radius 2 is 1.71 bits per heavy atom. The van der Waals surface area contributed by atoms with Gasteiger partial charge in [-0.3, -0.25) is 14.7 Å². The van der Waals surface area contributed by atoms with E-state index < -0.39 is 0 Å². The number of anilines is 1. The summed E-state index contributed by atoms with van der Waals surface area (Å²) in [5.41, 5.74) is 3.09. The molecule has 1 N–H and O–H groups in total. The smallest absolute Gasteiger partial charge is 0.280 e. The van der Waals surface area contributed by atoms with Gasteiger partial charge in [0.2, 0.25) is 0 Å². The summed E-state index contributed by atoms with van der Waals surface area (Å²) in [6, 6.07) is 16.2. The van der Waals surface area contributed by atoms with Crippen LogP contribution in [0.25, 0.3) is 11.8 Å². The van der Waals surface area contributed by atoms with Crippen LogP contribution in [0, 0.1) is 6.92 Å². The van der Waals surface area contributed by atoms with Gasteiger partial charge in [0.15, 0.2) is 0 Å². The first-order valence-electron chi connectivity index (χ1n) is 8.70. The quantitative estimate of drug-likeness (QED) is 0.686. The lowest BCUT2D eigenvalue weighted by Crippen LogP contribution is -2.22. The van der Waals surface area contributed by atoms with E-state index in [9.17, 15) is 9.59 Å². The standard InChI is InChI=1S/C21H17ClN4O2/c1-13-18(20(27)25(23-13)16-8-4-3-5-9-16)12-19-14(2)24-26(21(19)28)17-10-6-7-15(22)11-17/h3-12,23H,1-2H3/b19-12+. The molecular formula is C21H17ClN4O2. The minimum Gasteiger partial charge on any atom is -0.295 e. The Balaban J connectivity index is 1.74. The van der Waals surface area contributed by atoms with E-state index in [-0.39, 0.29) is 11.5 Å². The molecule has 1 amide bonds. The van der Waals surface area contributed by atoms with Crippen molar-refractivity contribution in [2.75, 3.05) is 5.01 Å². The third-order valence-corrected chi connectivity index (χ3v) is 4.77. The van der Waals surface area contributed by atoms with Gasteiger partial charge in [-0.1, -0.05) is 35.9 Å². The van der Waals surface area contributed by atoms with E-state index in [1.165, 1.54) is 9.69 Å². The number of hydrogen-bond donors (Lipinski definition) is 1. The number of hydrogen-bond acceptors (Lipinski definition) is 3. The van der Waals surface area contributed by atoms with Gasteiger partial charge in [0.1, 0.15) is 0 Å². The number of carbonyl (C=O) groups excluding carboxylic acids is 1. The second kappa shape index (κ2) is 6.98. The normalized spacial score (nSPS) is 15.4. The molecule has 0 atom stereocenters. The molecular weight excluding hydrogens is 376 g/mol. The van der Waals surface area contributed by atoms with Crippen molar-refractivity contribution in [3.8, 4) is 5.69 Å². The molecule has 0 saturated carbocycles. The van der Waals surface area contributed by atoms with Crippen molar-refractivity contribution in [3.63, 3.8) is 0 Å². The lowest BCUT2D eigenvalue weighted by atomic mass is 10.1. The molecule has 2 aromatic carbocycles. The Hall–Kier alpha value is -3.38. The van der Waals surface area contributed by atoms with E-state index in [2.05, 4.69) is 10.2 Å². The van der Waals surface area contributed by atoms with Crippen LogP contribution in [0.2, 0.25) is 5.02 Å². The van der Waals surface area contributed by atoms with Crippen molar-refractivity contribution in [2.24, 2.45) is 5.10 Å². The van der Waals surface area contributed by atoms with Gasteiger partial charge < -0.3 is 0 Å². The number of amides is 1. The zero-order valence-electron chi connectivity index (χ0n) is 15.3. The highest BCUT2D eigenvalue weighted by Gasteiger charge is 2.29. The SMILES string of the molecule is CC1=NN(c2cccc(Cl)c2)C(=O)/C1=C/c1c(C)[nH]n(-c2ccccc2)c1=O. The number of halogens is 1. The summed E-state index contributed by atoms with van der Waals surface area (Å²) in [6.45, 7) is 3.54. The van der Waals surface area contributed by atoms with Gasteiger partial charge in [0.05, 0.1) is 28.2 Å². The molecule has 0 bridgehead atoms. The number of H-pyrrole nitrogens is 1. The Morgan fingerprint density at radius 3 is 2.43 bits per heavy atom. The zero-order valence-corrected chi connectivity index (χ0v) is 16.1. The van der Waals surface area contributed by atoms with Crippen LogP contribution in [0.3, 0.4) is 0 Å². The molecule has 1 aromatic heterocycles. The summed E-state index contributed by atoms with van der Waals surface area (Å²) in [7, 11) is 0. The maximum Gasteiger partial charge on any atom is 0.280 e. The molecule has 4 rings (SSSR count). The van der Waals surface area contributed by atoms with Crippen LogP contribution in [0.5, 0.6) is 0 Å². The molecule has 1 aliphatic heterocycles. The molecule has 140 valence electrons. The number of nitrogens with one attached hydrogen (secondary N) is 1. The highest BCUT2D eigenvalue weighted by Crippen LogP contribution is 2.27. The van der Waals surface area contributed by atoms with Crippen LogP contribution in [0.4, 0.5) is 5.69 Å². The molecule has 0 spiro atoms. The highest BCUT2D eigenvalue weighted by atomic mass is 35.5. The average Bonchev–Trinajstić information content (AvgIpc) is 3.13. The lowest BCUT2D eigenvalue weighted by molar-refractivity contribution is -0.114. The first-order chi connectivity index (χ1) is 13.5. The van der Waals surface area contributed by atoms with Crippen LogP contribution < -0.4 is 10.6 Å². The van der Waals surface area contributed by atoms with Crippen molar-refractivity contribution in [1.29, 1.82) is 0 Å². The van der Waals surface area contributed by atoms with Crippen LogP contribution in [-0.4, -0.2) is 21.4 Å². The molecule has 7 heteroatoms. The van der Waals surface area contributed by atoms with Gasteiger partial charge in [-0.05, 0) is 50.3 Å². The lowest BCUT2D eigenvalue weighted by Gasteiger charge is -2.11. The second-order valence-electron chi connectivity index (χ2n) is 6.47.